The van der Waals surface area contributed by atoms with Gasteiger partial charge in [-0.2, -0.15) is 0 Å². The van der Waals surface area contributed by atoms with E-state index in [2.05, 4.69) is 19.2 Å². The summed E-state index contributed by atoms with van der Waals surface area (Å²) in [5, 5.41) is 3.43. The molecule has 0 amide bonds. The Kier molecular flexibility index (Phi) is 4.02. The highest BCUT2D eigenvalue weighted by Gasteiger charge is 2.30. The molecule has 1 saturated carbocycles. The largest absolute Gasteiger partial charge is 0.380 e. The average Bonchev–Trinajstić information content (AvgIpc) is 2.80. The minimum absolute atomic E-state index is 0.462. The Balaban J connectivity index is 2.02. The Morgan fingerprint density at radius 3 is 2.42 bits per heavy atom. The van der Waals surface area contributed by atoms with Gasteiger partial charge in [-0.3, -0.25) is 0 Å². The van der Waals surface area contributed by atoms with E-state index in [1.54, 1.807) is 0 Å². The molecule has 12 heavy (non-hydrogen) atoms. The van der Waals surface area contributed by atoms with Gasteiger partial charge >= 0.3 is 0 Å². The van der Waals surface area contributed by atoms with E-state index in [1.165, 1.54) is 12.8 Å². The summed E-state index contributed by atoms with van der Waals surface area (Å²) < 4.78 is 5.39. The maximum atomic E-state index is 5.39. The van der Waals surface area contributed by atoms with E-state index in [4.69, 9.17) is 4.74 Å². The van der Waals surface area contributed by atoms with Crippen LogP contribution in [0.3, 0.4) is 0 Å². The molecule has 2 heteroatoms. The fourth-order valence-electron chi connectivity index (χ4n) is 1.42. The van der Waals surface area contributed by atoms with Crippen LogP contribution in [0.1, 0.15) is 26.7 Å². The molecule has 0 aliphatic heterocycles. The summed E-state index contributed by atoms with van der Waals surface area (Å²) in [7, 11) is 1.82. The van der Waals surface area contributed by atoms with Crippen molar-refractivity contribution >= 4 is 0 Å². The summed E-state index contributed by atoms with van der Waals surface area (Å²) in [6.07, 6.45) is 3.19. The lowest BCUT2D eigenvalue weighted by molar-refractivity contribution is 0.0834. The van der Waals surface area contributed by atoms with Crippen LogP contribution in [0.25, 0.3) is 0 Å². The highest BCUT2D eigenvalue weighted by Crippen LogP contribution is 2.33. The molecule has 72 valence electrons. The zero-order chi connectivity index (χ0) is 8.97. The van der Waals surface area contributed by atoms with Crippen molar-refractivity contribution in [2.24, 2.45) is 11.8 Å². The number of ether oxygens (including phenoxy) is 1. The van der Waals surface area contributed by atoms with Crippen molar-refractivity contribution in [3.8, 4) is 0 Å². The molecule has 0 aromatic carbocycles. The lowest BCUT2D eigenvalue weighted by atomic mass is 10.2. The summed E-state index contributed by atoms with van der Waals surface area (Å²) in [4.78, 5) is 0. The molecule has 1 atom stereocenters. The van der Waals surface area contributed by atoms with Crippen LogP contribution in [0.5, 0.6) is 0 Å². The van der Waals surface area contributed by atoms with Crippen LogP contribution in [0.4, 0.5) is 0 Å². The number of methoxy groups -OCH3 is 1. The predicted octanol–water partition coefficient (Wildman–Crippen LogP) is 1.66. The zero-order valence-electron chi connectivity index (χ0n) is 8.47. The van der Waals surface area contributed by atoms with Crippen molar-refractivity contribution in [2.45, 2.75) is 32.8 Å². The van der Waals surface area contributed by atoms with Gasteiger partial charge < -0.3 is 10.1 Å². The molecule has 0 heterocycles. The molecular formula is C10H21NO. The van der Waals surface area contributed by atoms with Gasteiger partial charge in [0.05, 0.1) is 6.10 Å². The fraction of sp³-hybridized carbons (Fsp3) is 1.00. The van der Waals surface area contributed by atoms with Gasteiger partial charge in [0, 0.05) is 13.7 Å². The molecular weight excluding hydrogens is 150 g/mol. The molecule has 1 aliphatic rings. The Bertz CT molecular complexity index is 121. The quantitative estimate of drug-likeness (QED) is 0.656. The second kappa shape index (κ2) is 4.83. The highest BCUT2D eigenvalue weighted by atomic mass is 16.5. The predicted molar refractivity (Wildman–Crippen MR) is 51.2 cm³/mol. The topological polar surface area (TPSA) is 21.3 Å². The second-order valence-electron chi connectivity index (χ2n) is 4.16. The van der Waals surface area contributed by atoms with E-state index in [9.17, 15) is 0 Å². The van der Waals surface area contributed by atoms with Gasteiger partial charge in [0.15, 0.2) is 0 Å². The Morgan fingerprint density at radius 2 is 2.00 bits per heavy atom. The molecule has 0 radical (unpaired) electrons. The van der Waals surface area contributed by atoms with Crippen LogP contribution in [0, 0.1) is 11.8 Å². The molecule has 0 unspecified atom stereocenters. The van der Waals surface area contributed by atoms with Gasteiger partial charge in [-0.15, -0.1) is 0 Å². The van der Waals surface area contributed by atoms with Gasteiger partial charge in [0.25, 0.3) is 0 Å². The van der Waals surface area contributed by atoms with Crippen LogP contribution in [0.2, 0.25) is 0 Å². The van der Waals surface area contributed by atoms with E-state index >= 15 is 0 Å². The molecule has 0 aromatic rings. The highest BCUT2D eigenvalue weighted by molar-refractivity contribution is 4.83. The van der Waals surface area contributed by atoms with E-state index in [1.807, 2.05) is 7.11 Å². The van der Waals surface area contributed by atoms with Crippen molar-refractivity contribution in [1.82, 2.24) is 5.32 Å². The van der Waals surface area contributed by atoms with Gasteiger partial charge in [-0.1, -0.05) is 13.8 Å². The summed E-state index contributed by atoms with van der Waals surface area (Å²) in [6.45, 7) is 6.59. The van der Waals surface area contributed by atoms with Crippen LogP contribution < -0.4 is 5.32 Å². The molecule has 1 aliphatic carbocycles. The monoisotopic (exact) mass is 171 g/mol. The summed E-state index contributed by atoms with van der Waals surface area (Å²) >= 11 is 0. The lowest BCUT2D eigenvalue weighted by Gasteiger charge is -2.16. The Labute approximate surface area is 75.7 Å². The summed E-state index contributed by atoms with van der Waals surface area (Å²) in [5.41, 5.74) is 0. The van der Waals surface area contributed by atoms with E-state index in [-0.39, 0.29) is 0 Å². The number of nitrogens with one attached hydrogen (secondary N) is 1. The maximum Gasteiger partial charge on any atom is 0.0723 e. The van der Waals surface area contributed by atoms with Crippen molar-refractivity contribution < 1.29 is 4.74 Å². The van der Waals surface area contributed by atoms with Gasteiger partial charge in [0.2, 0.25) is 0 Å². The molecule has 1 N–H and O–H groups in total. The first-order valence-electron chi connectivity index (χ1n) is 4.97. The first-order chi connectivity index (χ1) is 5.74. The van der Waals surface area contributed by atoms with Crippen LogP contribution >= 0.6 is 0 Å². The van der Waals surface area contributed by atoms with Gasteiger partial charge in [0.1, 0.15) is 0 Å². The van der Waals surface area contributed by atoms with E-state index in [0.717, 1.165) is 24.9 Å². The smallest absolute Gasteiger partial charge is 0.0723 e. The maximum absolute atomic E-state index is 5.39. The van der Waals surface area contributed by atoms with Gasteiger partial charge in [-0.25, -0.2) is 0 Å². The Morgan fingerprint density at radius 1 is 1.33 bits per heavy atom. The summed E-state index contributed by atoms with van der Waals surface area (Å²) in [5.74, 6) is 1.58. The standard InChI is InChI=1S/C10H21NO/c1-8(2)6-11-7-10(12-3)9-4-5-9/h8-11H,4-7H2,1-3H3/t10-/m0/s1. The van der Waals surface area contributed by atoms with Gasteiger partial charge in [-0.05, 0) is 31.2 Å². The summed E-state index contributed by atoms with van der Waals surface area (Å²) in [6, 6.07) is 0. The zero-order valence-corrected chi connectivity index (χ0v) is 8.47. The first kappa shape index (κ1) is 10.0. The molecule has 2 nitrogen and oxygen atoms in total. The third-order valence-electron chi connectivity index (χ3n) is 2.35. The average molecular weight is 171 g/mol. The molecule has 0 bridgehead atoms. The lowest BCUT2D eigenvalue weighted by Crippen LogP contribution is -2.32. The first-order valence-corrected chi connectivity index (χ1v) is 4.97. The van der Waals surface area contributed by atoms with Crippen LogP contribution in [-0.2, 0) is 4.74 Å². The molecule has 0 aromatic heterocycles. The van der Waals surface area contributed by atoms with Crippen LogP contribution in [-0.4, -0.2) is 26.3 Å². The number of hydrogen-bond acceptors (Lipinski definition) is 2. The second-order valence-corrected chi connectivity index (χ2v) is 4.16. The van der Waals surface area contributed by atoms with E-state index < -0.39 is 0 Å². The fourth-order valence-corrected chi connectivity index (χ4v) is 1.42. The molecule has 0 saturated heterocycles. The van der Waals surface area contributed by atoms with Crippen molar-refractivity contribution in [2.75, 3.05) is 20.2 Å². The molecule has 0 spiro atoms. The minimum atomic E-state index is 0.462. The van der Waals surface area contributed by atoms with Crippen LogP contribution in [0.15, 0.2) is 0 Å². The van der Waals surface area contributed by atoms with Crippen molar-refractivity contribution in [3.63, 3.8) is 0 Å². The Hall–Kier alpha value is -0.0800. The SMILES string of the molecule is CO[C@@H](CNCC(C)C)C1CC1. The third kappa shape index (κ3) is 3.55. The third-order valence-corrected chi connectivity index (χ3v) is 2.35. The molecule has 1 rings (SSSR count). The minimum Gasteiger partial charge on any atom is -0.380 e. The van der Waals surface area contributed by atoms with E-state index in [0.29, 0.717) is 6.10 Å². The number of hydrogen-bond donors (Lipinski definition) is 1. The van der Waals surface area contributed by atoms with Crippen molar-refractivity contribution in [3.05, 3.63) is 0 Å². The van der Waals surface area contributed by atoms with Crippen molar-refractivity contribution in [1.29, 1.82) is 0 Å². The molecule has 1 fully saturated rings. The normalized spacial score (nSPS) is 20.0. The number of rotatable bonds is 6.